The lowest BCUT2D eigenvalue weighted by molar-refractivity contribution is 0.0697. The van der Waals surface area contributed by atoms with Crippen LogP contribution in [0.2, 0.25) is 0 Å². The number of carboxylic acids is 1. The molecule has 0 atom stereocenters. The summed E-state index contributed by atoms with van der Waals surface area (Å²) >= 11 is 0. The molecule has 0 aromatic heterocycles. The number of rotatable bonds is 6. The largest absolute Gasteiger partial charge is 0.478 e. The van der Waals surface area contributed by atoms with Crippen molar-refractivity contribution in [1.29, 1.82) is 0 Å². The second-order valence-corrected chi connectivity index (χ2v) is 6.93. The van der Waals surface area contributed by atoms with Crippen molar-refractivity contribution in [2.75, 3.05) is 18.5 Å². The first-order valence-corrected chi connectivity index (χ1v) is 9.57. The standard InChI is InChI=1S/C24H23NO3/c26-24(27)21-11-5-6-12-22(21)25-15-16-28-23-19-9-3-1-7-17(19)13-14-18-8-2-4-10-20(18)23/h1-12,23,25H,13-16H2,(H,26,27). The number of aryl methyl sites for hydroxylation is 2. The first-order chi connectivity index (χ1) is 13.7. The van der Waals surface area contributed by atoms with E-state index in [0.717, 1.165) is 12.8 Å². The fraction of sp³-hybridized carbons (Fsp3) is 0.208. The minimum atomic E-state index is -0.935. The summed E-state index contributed by atoms with van der Waals surface area (Å²) in [7, 11) is 0. The zero-order valence-corrected chi connectivity index (χ0v) is 15.6. The Balaban J connectivity index is 1.50. The van der Waals surface area contributed by atoms with E-state index in [2.05, 4.69) is 53.8 Å². The van der Waals surface area contributed by atoms with Gasteiger partial charge in [0.2, 0.25) is 0 Å². The minimum absolute atomic E-state index is 0.105. The average Bonchev–Trinajstić information content (AvgIpc) is 2.88. The predicted octanol–water partition coefficient (Wildman–Crippen LogP) is 4.70. The van der Waals surface area contributed by atoms with Crippen LogP contribution < -0.4 is 5.32 Å². The molecule has 0 fully saturated rings. The van der Waals surface area contributed by atoms with Crippen molar-refractivity contribution in [3.63, 3.8) is 0 Å². The van der Waals surface area contributed by atoms with Gasteiger partial charge in [-0.1, -0.05) is 60.7 Å². The molecule has 3 aromatic rings. The van der Waals surface area contributed by atoms with Crippen molar-refractivity contribution < 1.29 is 14.6 Å². The molecule has 4 nitrogen and oxygen atoms in total. The number of carboxylic acid groups (broad SMARTS) is 1. The summed E-state index contributed by atoms with van der Waals surface area (Å²) < 4.78 is 6.33. The van der Waals surface area contributed by atoms with E-state index in [0.29, 0.717) is 18.8 Å². The molecule has 1 aliphatic carbocycles. The van der Waals surface area contributed by atoms with E-state index in [1.54, 1.807) is 18.2 Å². The monoisotopic (exact) mass is 373 g/mol. The Labute approximate surface area is 164 Å². The summed E-state index contributed by atoms with van der Waals surface area (Å²) in [5.41, 5.74) is 5.98. The van der Waals surface area contributed by atoms with Crippen molar-refractivity contribution in [3.8, 4) is 0 Å². The Bertz CT molecular complexity index is 935. The number of para-hydroxylation sites is 1. The number of hydrogen-bond donors (Lipinski definition) is 2. The van der Waals surface area contributed by atoms with Gasteiger partial charge in [-0.3, -0.25) is 0 Å². The normalized spacial score (nSPS) is 13.3. The second-order valence-electron chi connectivity index (χ2n) is 6.93. The second kappa shape index (κ2) is 8.28. The number of carbonyl (C=O) groups is 1. The number of fused-ring (bicyclic) bond motifs is 2. The molecule has 0 bridgehead atoms. The summed E-state index contributed by atoms with van der Waals surface area (Å²) in [6, 6.07) is 23.9. The highest BCUT2D eigenvalue weighted by Crippen LogP contribution is 2.34. The Morgan fingerprint density at radius 2 is 1.46 bits per heavy atom. The molecule has 142 valence electrons. The SMILES string of the molecule is O=C(O)c1ccccc1NCCOC1c2ccccc2CCc2ccccc21. The Morgan fingerprint density at radius 1 is 0.893 bits per heavy atom. The van der Waals surface area contributed by atoms with Crippen LogP contribution in [0.5, 0.6) is 0 Å². The third-order valence-electron chi connectivity index (χ3n) is 5.20. The molecule has 2 N–H and O–H groups in total. The minimum Gasteiger partial charge on any atom is -0.478 e. The molecular weight excluding hydrogens is 350 g/mol. The fourth-order valence-electron chi connectivity index (χ4n) is 3.84. The topological polar surface area (TPSA) is 58.6 Å². The molecule has 0 saturated heterocycles. The maximum absolute atomic E-state index is 11.3. The third-order valence-corrected chi connectivity index (χ3v) is 5.20. The van der Waals surface area contributed by atoms with Gasteiger partial charge in [-0.2, -0.15) is 0 Å². The van der Waals surface area contributed by atoms with Crippen LogP contribution >= 0.6 is 0 Å². The summed E-state index contributed by atoms with van der Waals surface area (Å²) in [5, 5.41) is 12.5. The van der Waals surface area contributed by atoms with Crippen LogP contribution in [0.4, 0.5) is 5.69 Å². The van der Waals surface area contributed by atoms with Gasteiger partial charge in [-0.15, -0.1) is 0 Å². The van der Waals surface area contributed by atoms with E-state index in [1.807, 2.05) is 6.07 Å². The molecule has 0 radical (unpaired) electrons. The average molecular weight is 373 g/mol. The molecule has 0 saturated carbocycles. The highest BCUT2D eigenvalue weighted by Gasteiger charge is 2.23. The zero-order chi connectivity index (χ0) is 19.3. The van der Waals surface area contributed by atoms with Crippen LogP contribution in [-0.2, 0) is 17.6 Å². The highest BCUT2D eigenvalue weighted by atomic mass is 16.5. The van der Waals surface area contributed by atoms with Crippen LogP contribution in [0.3, 0.4) is 0 Å². The van der Waals surface area contributed by atoms with Crippen molar-refractivity contribution in [2.45, 2.75) is 18.9 Å². The quantitative estimate of drug-likeness (QED) is 0.615. The third kappa shape index (κ3) is 3.78. The summed E-state index contributed by atoms with van der Waals surface area (Å²) in [6.07, 6.45) is 1.92. The van der Waals surface area contributed by atoms with Gasteiger partial charge in [-0.05, 0) is 47.2 Å². The maximum atomic E-state index is 11.3. The van der Waals surface area contributed by atoms with Gasteiger partial charge in [0.1, 0.15) is 6.10 Å². The van der Waals surface area contributed by atoms with Gasteiger partial charge in [0, 0.05) is 12.2 Å². The summed E-state index contributed by atoms with van der Waals surface area (Å²) in [4.78, 5) is 11.3. The van der Waals surface area contributed by atoms with Crippen LogP contribution in [0.25, 0.3) is 0 Å². The molecule has 4 rings (SSSR count). The number of anilines is 1. The van der Waals surface area contributed by atoms with Crippen LogP contribution in [0, 0.1) is 0 Å². The van der Waals surface area contributed by atoms with E-state index in [4.69, 9.17) is 4.74 Å². The van der Waals surface area contributed by atoms with Gasteiger partial charge in [0.15, 0.2) is 0 Å². The molecule has 0 amide bonds. The Morgan fingerprint density at radius 3 is 2.11 bits per heavy atom. The lowest BCUT2D eigenvalue weighted by Crippen LogP contribution is -2.16. The molecule has 0 spiro atoms. The molecule has 0 unspecified atom stereocenters. The molecule has 3 aromatic carbocycles. The van der Waals surface area contributed by atoms with Crippen molar-refractivity contribution in [2.24, 2.45) is 0 Å². The fourth-order valence-corrected chi connectivity index (χ4v) is 3.84. The van der Waals surface area contributed by atoms with Gasteiger partial charge in [0.25, 0.3) is 0 Å². The zero-order valence-electron chi connectivity index (χ0n) is 15.6. The van der Waals surface area contributed by atoms with E-state index in [9.17, 15) is 9.90 Å². The van der Waals surface area contributed by atoms with Crippen molar-refractivity contribution in [1.82, 2.24) is 0 Å². The number of aromatic carboxylic acids is 1. The van der Waals surface area contributed by atoms with Crippen molar-refractivity contribution in [3.05, 3.63) is 101 Å². The smallest absolute Gasteiger partial charge is 0.337 e. The van der Waals surface area contributed by atoms with E-state index in [-0.39, 0.29) is 11.7 Å². The van der Waals surface area contributed by atoms with Gasteiger partial charge in [-0.25, -0.2) is 4.79 Å². The molecule has 4 heteroatoms. The van der Waals surface area contributed by atoms with Crippen LogP contribution in [0.15, 0.2) is 72.8 Å². The molecule has 28 heavy (non-hydrogen) atoms. The van der Waals surface area contributed by atoms with Gasteiger partial charge < -0.3 is 15.2 Å². The van der Waals surface area contributed by atoms with Gasteiger partial charge >= 0.3 is 5.97 Å². The molecule has 0 heterocycles. The predicted molar refractivity (Wildman–Crippen MR) is 110 cm³/mol. The van der Waals surface area contributed by atoms with E-state index in [1.165, 1.54) is 22.3 Å². The maximum Gasteiger partial charge on any atom is 0.337 e. The van der Waals surface area contributed by atoms with Crippen LogP contribution in [0.1, 0.15) is 38.7 Å². The summed E-state index contributed by atoms with van der Waals surface area (Å²) in [6.45, 7) is 1.01. The number of benzene rings is 3. The first-order valence-electron chi connectivity index (χ1n) is 9.57. The number of ether oxygens (including phenoxy) is 1. The molecular formula is C24H23NO3. The van der Waals surface area contributed by atoms with Crippen molar-refractivity contribution >= 4 is 11.7 Å². The summed E-state index contributed by atoms with van der Waals surface area (Å²) in [5.74, 6) is -0.935. The van der Waals surface area contributed by atoms with E-state index >= 15 is 0 Å². The van der Waals surface area contributed by atoms with Crippen LogP contribution in [-0.4, -0.2) is 24.2 Å². The highest BCUT2D eigenvalue weighted by molar-refractivity contribution is 5.94. The Kier molecular flexibility index (Phi) is 5.40. The lowest BCUT2D eigenvalue weighted by atomic mass is 9.97. The number of nitrogens with one attached hydrogen (secondary N) is 1. The Hall–Kier alpha value is -3.11. The number of hydrogen-bond acceptors (Lipinski definition) is 3. The molecule has 1 aliphatic rings. The van der Waals surface area contributed by atoms with E-state index < -0.39 is 5.97 Å². The lowest BCUT2D eigenvalue weighted by Gasteiger charge is -2.21. The van der Waals surface area contributed by atoms with Gasteiger partial charge in [0.05, 0.1) is 12.2 Å². The molecule has 0 aliphatic heterocycles. The first kappa shape index (κ1) is 18.3.